The standard InChI is InChI=1S/C12H12ClN3O/c1-7-3-11(17-2)9(4-10(7)13)12-15-5-8(14)6-16-12/h3-6H,14H2,1-2H3. The van der Waals surface area contributed by atoms with Gasteiger partial charge in [-0.1, -0.05) is 11.6 Å². The van der Waals surface area contributed by atoms with Gasteiger partial charge in [-0.25, -0.2) is 9.97 Å². The van der Waals surface area contributed by atoms with Gasteiger partial charge in [-0.15, -0.1) is 0 Å². The number of hydrogen-bond acceptors (Lipinski definition) is 4. The summed E-state index contributed by atoms with van der Waals surface area (Å²) in [4.78, 5) is 8.31. The largest absolute Gasteiger partial charge is 0.496 e. The minimum Gasteiger partial charge on any atom is -0.496 e. The predicted octanol–water partition coefficient (Wildman–Crippen LogP) is 2.70. The van der Waals surface area contributed by atoms with E-state index in [0.717, 1.165) is 11.1 Å². The SMILES string of the molecule is COc1cc(C)c(Cl)cc1-c1ncc(N)cn1. The molecule has 0 unspecified atom stereocenters. The van der Waals surface area contributed by atoms with Crippen molar-refractivity contribution in [3.8, 4) is 17.1 Å². The number of hydrogen-bond donors (Lipinski definition) is 1. The molecule has 0 aliphatic rings. The highest BCUT2D eigenvalue weighted by molar-refractivity contribution is 6.31. The third-order valence-corrected chi connectivity index (χ3v) is 2.80. The fourth-order valence-electron chi connectivity index (χ4n) is 1.48. The summed E-state index contributed by atoms with van der Waals surface area (Å²) in [7, 11) is 1.60. The van der Waals surface area contributed by atoms with Crippen molar-refractivity contribution in [2.24, 2.45) is 0 Å². The van der Waals surface area contributed by atoms with Gasteiger partial charge in [0, 0.05) is 5.02 Å². The number of methoxy groups -OCH3 is 1. The fraction of sp³-hybridized carbons (Fsp3) is 0.167. The topological polar surface area (TPSA) is 61.0 Å². The van der Waals surface area contributed by atoms with Crippen molar-refractivity contribution >= 4 is 17.3 Å². The van der Waals surface area contributed by atoms with Crippen LogP contribution in [0, 0.1) is 6.92 Å². The van der Waals surface area contributed by atoms with Crippen molar-refractivity contribution < 1.29 is 4.74 Å². The Labute approximate surface area is 104 Å². The molecule has 0 saturated heterocycles. The molecule has 0 spiro atoms. The van der Waals surface area contributed by atoms with Gasteiger partial charge in [-0.05, 0) is 24.6 Å². The van der Waals surface area contributed by atoms with E-state index in [4.69, 9.17) is 22.1 Å². The van der Waals surface area contributed by atoms with E-state index in [1.165, 1.54) is 0 Å². The van der Waals surface area contributed by atoms with Gasteiger partial charge in [-0.3, -0.25) is 0 Å². The summed E-state index contributed by atoms with van der Waals surface area (Å²) in [6.45, 7) is 1.92. The summed E-state index contributed by atoms with van der Waals surface area (Å²) in [5, 5.41) is 0.654. The van der Waals surface area contributed by atoms with Crippen molar-refractivity contribution in [2.75, 3.05) is 12.8 Å². The quantitative estimate of drug-likeness (QED) is 0.889. The van der Waals surface area contributed by atoms with Gasteiger partial charge in [0.05, 0.1) is 30.8 Å². The number of nitrogens with two attached hydrogens (primary N) is 1. The Bertz CT molecular complexity index is 540. The summed E-state index contributed by atoms with van der Waals surface area (Å²) in [6, 6.07) is 3.65. The van der Waals surface area contributed by atoms with E-state index in [0.29, 0.717) is 22.3 Å². The molecule has 2 N–H and O–H groups in total. The first-order chi connectivity index (χ1) is 8.11. The highest BCUT2D eigenvalue weighted by atomic mass is 35.5. The Hall–Kier alpha value is -1.81. The zero-order valence-electron chi connectivity index (χ0n) is 9.57. The number of ether oxygens (including phenoxy) is 1. The first-order valence-corrected chi connectivity index (χ1v) is 5.41. The zero-order chi connectivity index (χ0) is 12.4. The molecule has 0 atom stereocenters. The number of nitrogens with zero attached hydrogens (tertiary/aromatic N) is 2. The molecular weight excluding hydrogens is 238 g/mol. The Morgan fingerprint density at radius 2 is 1.88 bits per heavy atom. The van der Waals surface area contributed by atoms with Gasteiger partial charge in [-0.2, -0.15) is 0 Å². The third-order valence-electron chi connectivity index (χ3n) is 2.39. The molecule has 4 nitrogen and oxygen atoms in total. The normalized spacial score (nSPS) is 10.3. The van der Waals surface area contributed by atoms with E-state index in [9.17, 15) is 0 Å². The first-order valence-electron chi connectivity index (χ1n) is 5.04. The summed E-state index contributed by atoms with van der Waals surface area (Å²) in [5.74, 6) is 1.23. The van der Waals surface area contributed by atoms with Crippen LogP contribution < -0.4 is 10.5 Å². The van der Waals surface area contributed by atoms with Crippen LogP contribution in [0.1, 0.15) is 5.56 Å². The van der Waals surface area contributed by atoms with Gasteiger partial charge >= 0.3 is 0 Å². The van der Waals surface area contributed by atoms with Crippen LogP contribution in [0.2, 0.25) is 5.02 Å². The molecule has 5 heteroatoms. The minimum atomic E-state index is 0.519. The Balaban J connectivity index is 2.57. The monoisotopic (exact) mass is 249 g/mol. The lowest BCUT2D eigenvalue weighted by Gasteiger charge is -2.09. The van der Waals surface area contributed by atoms with Gasteiger partial charge in [0.25, 0.3) is 0 Å². The Kier molecular flexibility index (Phi) is 3.15. The van der Waals surface area contributed by atoms with Crippen LogP contribution in [0.3, 0.4) is 0 Å². The van der Waals surface area contributed by atoms with E-state index >= 15 is 0 Å². The van der Waals surface area contributed by atoms with Crippen molar-refractivity contribution in [1.29, 1.82) is 0 Å². The second-order valence-corrected chi connectivity index (χ2v) is 4.05. The van der Waals surface area contributed by atoms with Crippen LogP contribution in [0.25, 0.3) is 11.4 Å². The van der Waals surface area contributed by atoms with Gasteiger partial charge in [0.2, 0.25) is 0 Å². The van der Waals surface area contributed by atoms with E-state index in [1.54, 1.807) is 25.6 Å². The predicted molar refractivity (Wildman–Crippen MR) is 68.2 cm³/mol. The minimum absolute atomic E-state index is 0.519. The van der Waals surface area contributed by atoms with Crippen molar-refractivity contribution in [2.45, 2.75) is 6.92 Å². The average Bonchev–Trinajstić information content (AvgIpc) is 2.33. The second kappa shape index (κ2) is 4.59. The smallest absolute Gasteiger partial charge is 0.163 e. The molecule has 0 saturated carbocycles. The maximum absolute atomic E-state index is 6.09. The molecule has 0 fully saturated rings. The number of rotatable bonds is 2. The number of benzene rings is 1. The highest BCUT2D eigenvalue weighted by Gasteiger charge is 2.11. The molecule has 0 radical (unpaired) electrons. The molecular formula is C12H12ClN3O. The number of anilines is 1. The molecule has 0 aliphatic carbocycles. The van der Waals surface area contributed by atoms with Crippen LogP contribution in [0.4, 0.5) is 5.69 Å². The molecule has 1 heterocycles. The Morgan fingerprint density at radius 1 is 1.24 bits per heavy atom. The summed E-state index contributed by atoms with van der Waals surface area (Å²) < 4.78 is 5.30. The molecule has 1 aromatic carbocycles. The van der Waals surface area contributed by atoms with Crippen LogP contribution in [0.5, 0.6) is 5.75 Å². The van der Waals surface area contributed by atoms with E-state index in [2.05, 4.69) is 9.97 Å². The van der Waals surface area contributed by atoms with Crippen molar-refractivity contribution in [3.05, 3.63) is 35.1 Å². The van der Waals surface area contributed by atoms with E-state index in [-0.39, 0.29) is 0 Å². The van der Waals surface area contributed by atoms with Crippen LogP contribution in [-0.2, 0) is 0 Å². The lowest BCUT2D eigenvalue weighted by Crippen LogP contribution is -1.96. The molecule has 17 heavy (non-hydrogen) atoms. The highest BCUT2D eigenvalue weighted by Crippen LogP contribution is 2.32. The van der Waals surface area contributed by atoms with Crippen LogP contribution >= 0.6 is 11.6 Å². The lowest BCUT2D eigenvalue weighted by atomic mass is 10.1. The summed E-state index contributed by atoms with van der Waals surface area (Å²) >= 11 is 6.09. The molecule has 1 aromatic heterocycles. The maximum atomic E-state index is 6.09. The van der Waals surface area contributed by atoms with Crippen LogP contribution in [-0.4, -0.2) is 17.1 Å². The molecule has 2 aromatic rings. The second-order valence-electron chi connectivity index (χ2n) is 3.64. The Morgan fingerprint density at radius 3 is 2.47 bits per heavy atom. The molecule has 2 rings (SSSR count). The first kappa shape index (κ1) is 11.7. The van der Waals surface area contributed by atoms with Crippen molar-refractivity contribution in [3.63, 3.8) is 0 Å². The number of aromatic nitrogens is 2. The summed E-state index contributed by atoms with van der Waals surface area (Å²) in [6.07, 6.45) is 3.10. The van der Waals surface area contributed by atoms with Gasteiger partial charge < -0.3 is 10.5 Å². The fourth-order valence-corrected chi connectivity index (χ4v) is 1.64. The van der Waals surface area contributed by atoms with Gasteiger partial charge in [0.1, 0.15) is 5.75 Å². The number of nitrogen functional groups attached to an aromatic ring is 1. The molecule has 0 amide bonds. The maximum Gasteiger partial charge on any atom is 0.163 e. The van der Waals surface area contributed by atoms with E-state index in [1.807, 2.05) is 13.0 Å². The third kappa shape index (κ3) is 2.31. The molecule has 0 aliphatic heterocycles. The van der Waals surface area contributed by atoms with Gasteiger partial charge in [0.15, 0.2) is 5.82 Å². The lowest BCUT2D eigenvalue weighted by molar-refractivity contribution is 0.416. The average molecular weight is 250 g/mol. The molecule has 0 bridgehead atoms. The number of halogens is 1. The number of aryl methyl sites for hydroxylation is 1. The van der Waals surface area contributed by atoms with Crippen molar-refractivity contribution in [1.82, 2.24) is 9.97 Å². The summed E-state index contributed by atoms with van der Waals surface area (Å²) in [5.41, 5.74) is 7.77. The van der Waals surface area contributed by atoms with E-state index < -0.39 is 0 Å². The zero-order valence-corrected chi connectivity index (χ0v) is 10.3. The molecule has 88 valence electrons. The van der Waals surface area contributed by atoms with Crippen LogP contribution in [0.15, 0.2) is 24.5 Å².